The van der Waals surface area contributed by atoms with Gasteiger partial charge in [-0.25, -0.2) is 4.68 Å². The van der Waals surface area contributed by atoms with Crippen molar-refractivity contribution in [1.82, 2.24) is 24.5 Å². The van der Waals surface area contributed by atoms with Crippen molar-refractivity contribution in [1.29, 1.82) is 0 Å². The van der Waals surface area contributed by atoms with Crippen molar-refractivity contribution in [2.45, 2.75) is 13.1 Å². The lowest BCUT2D eigenvalue weighted by molar-refractivity contribution is 0.0585. The molecule has 0 atom stereocenters. The van der Waals surface area contributed by atoms with Crippen LogP contribution in [-0.2, 0) is 6.54 Å². The maximum atomic E-state index is 12.8. The van der Waals surface area contributed by atoms with E-state index < -0.39 is 6.55 Å². The number of pyridine rings is 1. The highest BCUT2D eigenvalue weighted by molar-refractivity contribution is 9.10. The summed E-state index contributed by atoms with van der Waals surface area (Å²) in [6, 6.07) is 5.29. The molecule has 0 aromatic carbocycles. The van der Waals surface area contributed by atoms with Gasteiger partial charge in [0.2, 0.25) is 0 Å². The summed E-state index contributed by atoms with van der Waals surface area (Å²) in [5.74, 6) is 0. The first-order valence-electron chi connectivity index (χ1n) is 6.08. The SMILES string of the molecule is FC(F)n1nccc1-c1cnn(Cc2ccc(Br)cn2)c1. The van der Waals surface area contributed by atoms with Gasteiger partial charge in [-0.2, -0.15) is 19.0 Å². The molecule has 0 spiro atoms. The first kappa shape index (κ1) is 13.9. The third kappa shape index (κ3) is 2.99. The van der Waals surface area contributed by atoms with E-state index in [2.05, 4.69) is 31.1 Å². The van der Waals surface area contributed by atoms with Crippen LogP contribution >= 0.6 is 15.9 Å². The second-order valence-corrected chi connectivity index (χ2v) is 5.25. The summed E-state index contributed by atoms with van der Waals surface area (Å²) in [5, 5.41) is 7.78. The van der Waals surface area contributed by atoms with E-state index in [1.54, 1.807) is 17.1 Å². The fourth-order valence-electron chi connectivity index (χ4n) is 1.95. The first-order valence-corrected chi connectivity index (χ1v) is 6.88. The van der Waals surface area contributed by atoms with Crippen LogP contribution in [0.15, 0.2) is 47.5 Å². The van der Waals surface area contributed by atoms with Gasteiger partial charge in [-0.3, -0.25) is 9.67 Å². The van der Waals surface area contributed by atoms with Gasteiger partial charge in [0.05, 0.1) is 24.1 Å². The second-order valence-electron chi connectivity index (χ2n) is 4.33. The highest BCUT2D eigenvalue weighted by atomic mass is 79.9. The minimum atomic E-state index is -2.67. The molecular formula is C13H10BrF2N5. The Morgan fingerprint density at radius 2 is 2.00 bits per heavy atom. The number of alkyl halides is 2. The molecule has 8 heteroatoms. The van der Waals surface area contributed by atoms with Gasteiger partial charge in [-0.1, -0.05) is 0 Å². The smallest absolute Gasteiger partial charge is 0.266 e. The van der Waals surface area contributed by atoms with Crippen LogP contribution in [0, 0.1) is 0 Å². The number of halogens is 3. The average Bonchev–Trinajstić information content (AvgIpc) is 3.09. The van der Waals surface area contributed by atoms with Crippen molar-refractivity contribution >= 4 is 15.9 Å². The summed E-state index contributed by atoms with van der Waals surface area (Å²) in [6.07, 6.45) is 6.27. The molecule has 0 N–H and O–H groups in total. The average molecular weight is 354 g/mol. The molecule has 21 heavy (non-hydrogen) atoms. The summed E-state index contributed by atoms with van der Waals surface area (Å²) in [4.78, 5) is 4.25. The number of nitrogens with zero attached hydrogens (tertiary/aromatic N) is 5. The third-order valence-corrected chi connectivity index (χ3v) is 3.37. The summed E-state index contributed by atoms with van der Waals surface area (Å²) in [5.41, 5.74) is 1.75. The van der Waals surface area contributed by atoms with Crippen molar-refractivity contribution in [2.24, 2.45) is 0 Å². The van der Waals surface area contributed by atoms with Crippen molar-refractivity contribution < 1.29 is 8.78 Å². The molecule has 0 saturated carbocycles. The Kier molecular flexibility index (Phi) is 3.78. The molecule has 0 aliphatic carbocycles. The van der Waals surface area contributed by atoms with Crippen molar-refractivity contribution in [2.75, 3.05) is 0 Å². The molecule has 0 amide bonds. The molecule has 3 aromatic heterocycles. The molecular weight excluding hydrogens is 344 g/mol. The Morgan fingerprint density at radius 3 is 2.71 bits per heavy atom. The molecule has 3 heterocycles. The van der Waals surface area contributed by atoms with E-state index in [9.17, 15) is 8.78 Å². The van der Waals surface area contributed by atoms with Crippen LogP contribution < -0.4 is 0 Å². The Labute approximate surface area is 127 Å². The molecule has 5 nitrogen and oxygen atoms in total. The fourth-order valence-corrected chi connectivity index (χ4v) is 2.18. The molecule has 0 radical (unpaired) electrons. The quantitative estimate of drug-likeness (QED) is 0.722. The van der Waals surface area contributed by atoms with E-state index in [4.69, 9.17) is 0 Å². The zero-order valence-corrected chi connectivity index (χ0v) is 12.3. The number of rotatable bonds is 4. The minimum absolute atomic E-state index is 0.333. The van der Waals surface area contributed by atoms with E-state index >= 15 is 0 Å². The van der Waals surface area contributed by atoms with Gasteiger partial charge in [0.1, 0.15) is 0 Å². The zero-order chi connectivity index (χ0) is 14.8. The summed E-state index contributed by atoms with van der Waals surface area (Å²) >= 11 is 3.32. The van der Waals surface area contributed by atoms with Crippen LogP contribution in [0.3, 0.4) is 0 Å². The fraction of sp³-hybridized carbons (Fsp3) is 0.154. The van der Waals surface area contributed by atoms with Crippen LogP contribution in [-0.4, -0.2) is 24.5 Å². The number of hydrogen-bond acceptors (Lipinski definition) is 3. The normalized spacial score (nSPS) is 11.2. The summed E-state index contributed by atoms with van der Waals surface area (Å²) in [6.45, 7) is -2.21. The van der Waals surface area contributed by atoms with Crippen molar-refractivity contribution in [3.05, 3.63) is 53.2 Å². The Hall–Kier alpha value is -2.09. The standard InChI is InChI=1S/C13H10BrF2N5/c14-10-1-2-11(17-6-10)8-20-7-9(5-19-20)12-3-4-18-21(12)13(15)16/h1-7,13H,8H2. The molecule has 0 unspecified atom stereocenters. The first-order chi connectivity index (χ1) is 10.1. The summed E-state index contributed by atoms with van der Waals surface area (Å²) in [7, 11) is 0. The largest absolute Gasteiger partial charge is 0.333 e. The van der Waals surface area contributed by atoms with Gasteiger partial charge in [0.25, 0.3) is 0 Å². The molecule has 0 aliphatic rings. The molecule has 3 aromatic rings. The van der Waals surface area contributed by atoms with Crippen LogP contribution in [0.1, 0.15) is 12.2 Å². The lowest BCUT2D eigenvalue weighted by Crippen LogP contribution is -2.02. The topological polar surface area (TPSA) is 48.5 Å². The Balaban J connectivity index is 1.83. The van der Waals surface area contributed by atoms with Gasteiger partial charge in [-0.15, -0.1) is 0 Å². The predicted molar refractivity (Wildman–Crippen MR) is 75.7 cm³/mol. The summed E-state index contributed by atoms with van der Waals surface area (Å²) < 4.78 is 28.8. The number of hydrogen-bond donors (Lipinski definition) is 0. The van der Waals surface area contributed by atoms with Crippen LogP contribution in [0.25, 0.3) is 11.3 Å². The van der Waals surface area contributed by atoms with E-state index in [0.717, 1.165) is 10.2 Å². The molecule has 0 bridgehead atoms. The maximum absolute atomic E-state index is 12.8. The molecule has 108 valence electrons. The van der Waals surface area contributed by atoms with E-state index in [-0.39, 0.29) is 0 Å². The minimum Gasteiger partial charge on any atom is -0.266 e. The van der Waals surface area contributed by atoms with Crippen LogP contribution in [0.2, 0.25) is 0 Å². The van der Waals surface area contributed by atoms with Gasteiger partial charge in [0, 0.05) is 28.6 Å². The molecule has 0 aliphatic heterocycles. The van der Waals surface area contributed by atoms with Crippen LogP contribution in [0.4, 0.5) is 8.78 Å². The predicted octanol–water partition coefficient (Wildman–Crippen LogP) is 3.35. The highest BCUT2D eigenvalue weighted by Crippen LogP contribution is 2.23. The van der Waals surface area contributed by atoms with E-state index in [0.29, 0.717) is 22.5 Å². The second kappa shape index (κ2) is 5.72. The van der Waals surface area contributed by atoms with E-state index in [1.807, 2.05) is 12.1 Å². The third-order valence-electron chi connectivity index (χ3n) is 2.90. The highest BCUT2D eigenvalue weighted by Gasteiger charge is 2.14. The lowest BCUT2D eigenvalue weighted by atomic mass is 10.2. The molecule has 0 saturated heterocycles. The van der Waals surface area contributed by atoms with Gasteiger partial charge < -0.3 is 0 Å². The Morgan fingerprint density at radius 1 is 1.14 bits per heavy atom. The van der Waals surface area contributed by atoms with Crippen LogP contribution in [0.5, 0.6) is 0 Å². The van der Waals surface area contributed by atoms with Crippen molar-refractivity contribution in [3.8, 4) is 11.3 Å². The van der Waals surface area contributed by atoms with E-state index in [1.165, 1.54) is 18.5 Å². The zero-order valence-electron chi connectivity index (χ0n) is 10.7. The van der Waals surface area contributed by atoms with Gasteiger partial charge >= 0.3 is 6.55 Å². The van der Waals surface area contributed by atoms with Crippen molar-refractivity contribution in [3.63, 3.8) is 0 Å². The monoisotopic (exact) mass is 353 g/mol. The van der Waals surface area contributed by atoms with Gasteiger partial charge in [-0.05, 0) is 34.1 Å². The van der Waals surface area contributed by atoms with Gasteiger partial charge in [0.15, 0.2) is 0 Å². The maximum Gasteiger partial charge on any atom is 0.333 e. The lowest BCUT2D eigenvalue weighted by Gasteiger charge is -2.03. The molecule has 0 fully saturated rings. The Bertz CT molecular complexity index is 735. The number of aromatic nitrogens is 5. The molecule has 3 rings (SSSR count).